The maximum atomic E-state index is 8.00. The summed E-state index contributed by atoms with van der Waals surface area (Å²) in [6, 6.07) is 16.8. The predicted octanol–water partition coefficient (Wildman–Crippen LogP) is 6.04. The molecule has 1 aliphatic heterocycles. The third-order valence-corrected chi connectivity index (χ3v) is 6.74. The van der Waals surface area contributed by atoms with Crippen LogP contribution in [0.3, 0.4) is 0 Å². The molecule has 3 aromatic heterocycles. The summed E-state index contributed by atoms with van der Waals surface area (Å²) in [4.78, 5) is 27.8. The van der Waals surface area contributed by atoms with E-state index in [1.807, 2.05) is 45.0 Å². The first-order valence-electron chi connectivity index (χ1n) is 13.3. The van der Waals surface area contributed by atoms with Gasteiger partial charge in [0.05, 0.1) is 29.0 Å². The highest BCUT2D eigenvalue weighted by molar-refractivity contribution is 5.64. The Balaban J connectivity index is 0.000000216. The molecule has 1 atom stereocenters. The van der Waals surface area contributed by atoms with Gasteiger partial charge in [0.2, 0.25) is 5.95 Å². The second kappa shape index (κ2) is 15.3. The van der Waals surface area contributed by atoms with Crippen LogP contribution in [0.25, 0.3) is 11.3 Å². The smallest absolute Gasteiger partial charge is 0.227 e. The summed E-state index contributed by atoms with van der Waals surface area (Å²) < 4.78 is 0. The summed E-state index contributed by atoms with van der Waals surface area (Å²) in [6.07, 6.45) is 9.74. The fourth-order valence-corrected chi connectivity index (χ4v) is 4.46. The topological polar surface area (TPSA) is 95.9 Å². The van der Waals surface area contributed by atoms with E-state index in [2.05, 4.69) is 73.6 Å². The van der Waals surface area contributed by atoms with Gasteiger partial charge in [-0.1, -0.05) is 36.8 Å². The lowest BCUT2D eigenvalue weighted by molar-refractivity contribution is -0.0979. The largest absolute Gasteiger partial charge is 0.387 e. The van der Waals surface area contributed by atoms with Crippen LogP contribution in [-0.2, 0) is 4.79 Å². The Bertz CT molecular complexity index is 1280. The van der Waals surface area contributed by atoms with E-state index in [0.717, 1.165) is 34.2 Å². The van der Waals surface area contributed by atoms with Gasteiger partial charge in [0.15, 0.2) is 0 Å². The van der Waals surface area contributed by atoms with Crippen molar-refractivity contribution in [2.45, 2.75) is 39.5 Å². The Hall–Kier alpha value is -4.17. The van der Waals surface area contributed by atoms with Gasteiger partial charge in [0, 0.05) is 37.7 Å². The van der Waals surface area contributed by atoms with Crippen LogP contribution in [0.5, 0.6) is 0 Å². The molecule has 1 aromatic carbocycles. The summed E-state index contributed by atoms with van der Waals surface area (Å²) in [5.74, 6) is 1.29. The standard InChI is InChI=1S/C16H16N6.C14H21N.CH2O/c1-11-15(8-13(17-2)10-20-11)22-16-19-7-5-14(21-16)12-4-3-6-18-9-12;1-3-15-10-4-5-14(11-15)13-8-6-12(2)7-9-13;1-2/h3-10,17H,1-2H3,(H,19,21,22);6-9,14H,3-5,10-11H2,1-2H3;1H2. The van der Waals surface area contributed by atoms with Crippen molar-refractivity contribution in [2.75, 3.05) is 37.3 Å². The molecular weight excluding hydrogens is 486 g/mol. The van der Waals surface area contributed by atoms with Crippen molar-refractivity contribution < 1.29 is 4.79 Å². The number of rotatable bonds is 6. The number of hydrogen-bond acceptors (Lipinski definition) is 8. The maximum Gasteiger partial charge on any atom is 0.227 e. The zero-order valence-electron chi connectivity index (χ0n) is 23.4. The lowest BCUT2D eigenvalue weighted by Crippen LogP contribution is -2.34. The molecule has 204 valence electrons. The second-order valence-corrected chi connectivity index (χ2v) is 9.38. The van der Waals surface area contributed by atoms with Gasteiger partial charge in [0.1, 0.15) is 6.79 Å². The van der Waals surface area contributed by atoms with E-state index in [-0.39, 0.29) is 0 Å². The fourth-order valence-electron chi connectivity index (χ4n) is 4.46. The Morgan fingerprint density at radius 3 is 2.51 bits per heavy atom. The van der Waals surface area contributed by atoms with Crippen LogP contribution in [-0.4, -0.2) is 58.3 Å². The Labute approximate surface area is 232 Å². The molecule has 8 nitrogen and oxygen atoms in total. The van der Waals surface area contributed by atoms with E-state index in [1.165, 1.54) is 43.6 Å². The van der Waals surface area contributed by atoms with Crippen molar-refractivity contribution in [3.8, 4) is 11.3 Å². The van der Waals surface area contributed by atoms with Crippen LogP contribution in [0.4, 0.5) is 17.3 Å². The molecule has 0 amide bonds. The highest BCUT2D eigenvalue weighted by Crippen LogP contribution is 2.27. The molecule has 1 unspecified atom stereocenters. The van der Waals surface area contributed by atoms with Crippen molar-refractivity contribution in [3.63, 3.8) is 0 Å². The molecule has 39 heavy (non-hydrogen) atoms. The average Bonchev–Trinajstić information content (AvgIpc) is 3.00. The zero-order chi connectivity index (χ0) is 28.0. The molecule has 0 radical (unpaired) electrons. The van der Waals surface area contributed by atoms with E-state index < -0.39 is 0 Å². The van der Waals surface area contributed by atoms with Crippen LogP contribution in [0, 0.1) is 13.8 Å². The Morgan fingerprint density at radius 1 is 1.03 bits per heavy atom. The van der Waals surface area contributed by atoms with E-state index in [4.69, 9.17) is 4.79 Å². The third kappa shape index (κ3) is 8.68. The Kier molecular flexibility index (Phi) is 11.5. The van der Waals surface area contributed by atoms with Gasteiger partial charge in [-0.3, -0.25) is 9.97 Å². The summed E-state index contributed by atoms with van der Waals surface area (Å²) in [6.45, 7) is 12.1. The van der Waals surface area contributed by atoms with Gasteiger partial charge in [-0.05, 0) is 75.5 Å². The van der Waals surface area contributed by atoms with Gasteiger partial charge in [0.25, 0.3) is 0 Å². The minimum absolute atomic E-state index is 0.527. The number of carbonyl (C=O) groups excluding carboxylic acids is 1. The van der Waals surface area contributed by atoms with Gasteiger partial charge in [-0.2, -0.15) is 0 Å². The highest BCUT2D eigenvalue weighted by atomic mass is 16.1. The number of anilines is 3. The summed E-state index contributed by atoms with van der Waals surface area (Å²) in [5, 5.41) is 6.28. The molecule has 1 fully saturated rings. The average molecular weight is 526 g/mol. The van der Waals surface area contributed by atoms with Gasteiger partial charge in [-0.15, -0.1) is 0 Å². The summed E-state index contributed by atoms with van der Waals surface area (Å²) >= 11 is 0. The molecule has 0 saturated carbocycles. The van der Waals surface area contributed by atoms with Crippen LogP contribution in [0.15, 0.2) is 73.3 Å². The monoisotopic (exact) mass is 525 g/mol. The number of likely N-dealkylation sites (N-methyl/N-ethyl adjacent to an activating group) is 1. The Morgan fingerprint density at radius 2 is 1.82 bits per heavy atom. The lowest BCUT2D eigenvalue weighted by atomic mass is 9.90. The molecular formula is C31H39N7O. The van der Waals surface area contributed by atoms with E-state index in [9.17, 15) is 0 Å². The molecule has 5 rings (SSSR count). The number of piperidine rings is 1. The van der Waals surface area contributed by atoms with Gasteiger partial charge < -0.3 is 20.3 Å². The van der Waals surface area contributed by atoms with Crippen LogP contribution < -0.4 is 10.6 Å². The summed E-state index contributed by atoms with van der Waals surface area (Å²) in [7, 11) is 1.86. The van der Waals surface area contributed by atoms with Crippen molar-refractivity contribution in [3.05, 3.63) is 90.1 Å². The molecule has 4 heterocycles. The minimum Gasteiger partial charge on any atom is -0.387 e. The van der Waals surface area contributed by atoms with E-state index in [1.54, 1.807) is 24.8 Å². The second-order valence-electron chi connectivity index (χ2n) is 9.38. The third-order valence-electron chi connectivity index (χ3n) is 6.74. The fraction of sp³-hybridized carbons (Fsp3) is 0.323. The molecule has 8 heteroatoms. The van der Waals surface area contributed by atoms with E-state index >= 15 is 0 Å². The van der Waals surface area contributed by atoms with E-state index in [0.29, 0.717) is 5.95 Å². The summed E-state index contributed by atoms with van der Waals surface area (Å²) in [5.41, 5.74) is 7.34. The minimum atomic E-state index is 0.527. The number of nitrogens with one attached hydrogen (secondary N) is 2. The SMILES string of the molecule is C=O.CCN1CCCC(c2ccc(C)cc2)C1.CNc1cnc(C)c(Nc2nccc(-c3cccnc3)n2)c1. The molecule has 1 aliphatic rings. The number of aryl methyl sites for hydroxylation is 2. The molecule has 4 aromatic rings. The van der Waals surface area contributed by atoms with Crippen LogP contribution in [0.1, 0.15) is 42.5 Å². The number of hydrogen-bond donors (Lipinski definition) is 2. The van der Waals surface area contributed by atoms with Crippen molar-refractivity contribution >= 4 is 24.1 Å². The molecule has 2 N–H and O–H groups in total. The highest BCUT2D eigenvalue weighted by Gasteiger charge is 2.19. The van der Waals surface area contributed by atoms with Crippen molar-refractivity contribution in [2.24, 2.45) is 0 Å². The maximum absolute atomic E-state index is 8.00. The predicted molar refractivity (Wildman–Crippen MR) is 159 cm³/mol. The first kappa shape index (κ1) is 29.4. The number of pyridine rings is 2. The van der Waals surface area contributed by atoms with Crippen molar-refractivity contribution in [1.29, 1.82) is 0 Å². The lowest BCUT2D eigenvalue weighted by Gasteiger charge is -2.32. The normalized spacial score (nSPS) is 14.7. The number of benzene rings is 1. The number of aromatic nitrogens is 4. The first-order valence-corrected chi connectivity index (χ1v) is 13.3. The molecule has 1 saturated heterocycles. The zero-order valence-corrected chi connectivity index (χ0v) is 23.4. The number of likely N-dealkylation sites (tertiary alicyclic amines) is 1. The number of carbonyl (C=O) groups is 1. The number of nitrogens with zero attached hydrogens (tertiary/aromatic N) is 5. The van der Waals surface area contributed by atoms with Crippen molar-refractivity contribution in [1.82, 2.24) is 24.8 Å². The quantitative estimate of drug-likeness (QED) is 0.315. The van der Waals surface area contributed by atoms with Gasteiger partial charge >= 0.3 is 0 Å². The van der Waals surface area contributed by atoms with Gasteiger partial charge in [-0.25, -0.2) is 9.97 Å². The first-order chi connectivity index (χ1) is 19.1. The van der Waals surface area contributed by atoms with Crippen LogP contribution in [0.2, 0.25) is 0 Å². The molecule has 0 bridgehead atoms. The molecule has 0 aliphatic carbocycles. The molecule has 0 spiro atoms. The van der Waals surface area contributed by atoms with Crippen LogP contribution >= 0.6 is 0 Å².